The standard InChI is InChI=1S/C24H29N3O2/c28-21-15-26(16-21)14-18-6-8-20(9-7-18)23-13-25-27-11-10-22(12-24(23)27)29-17-19-4-2-1-3-5-19/h1-5,10-13,18,20-21,28H,6-9,14-17H2. The van der Waals surface area contributed by atoms with Crippen LogP contribution in [0.5, 0.6) is 5.75 Å². The van der Waals surface area contributed by atoms with E-state index in [1.54, 1.807) is 0 Å². The van der Waals surface area contributed by atoms with Crippen molar-refractivity contribution in [1.29, 1.82) is 0 Å². The molecule has 3 aromatic rings. The van der Waals surface area contributed by atoms with Crippen LogP contribution >= 0.6 is 0 Å². The monoisotopic (exact) mass is 391 g/mol. The number of fused-ring (bicyclic) bond motifs is 1. The summed E-state index contributed by atoms with van der Waals surface area (Å²) in [5, 5.41) is 14.1. The third kappa shape index (κ3) is 4.16. The minimum atomic E-state index is -0.0940. The second-order valence-electron chi connectivity index (χ2n) is 8.66. The van der Waals surface area contributed by atoms with Gasteiger partial charge in [-0.1, -0.05) is 30.3 Å². The third-order valence-corrected chi connectivity index (χ3v) is 6.51. The van der Waals surface area contributed by atoms with Crippen LogP contribution < -0.4 is 4.74 Å². The minimum absolute atomic E-state index is 0.0940. The molecule has 1 N–H and O–H groups in total. The van der Waals surface area contributed by atoms with E-state index < -0.39 is 0 Å². The van der Waals surface area contributed by atoms with Crippen molar-refractivity contribution in [3.63, 3.8) is 0 Å². The summed E-state index contributed by atoms with van der Waals surface area (Å²) in [7, 11) is 0. The summed E-state index contributed by atoms with van der Waals surface area (Å²) < 4.78 is 8.00. The van der Waals surface area contributed by atoms with Crippen LogP contribution in [-0.2, 0) is 6.61 Å². The Balaban J connectivity index is 1.23. The van der Waals surface area contributed by atoms with Crippen LogP contribution in [-0.4, -0.2) is 45.4 Å². The normalized spacial score (nSPS) is 23.2. The van der Waals surface area contributed by atoms with Crippen LogP contribution in [0.1, 0.15) is 42.7 Å². The summed E-state index contributed by atoms with van der Waals surface area (Å²) in [6.45, 7) is 3.45. The first kappa shape index (κ1) is 18.6. The van der Waals surface area contributed by atoms with Crippen LogP contribution in [0, 0.1) is 5.92 Å². The van der Waals surface area contributed by atoms with Crippen molar-refractivity contribution in [2.45, 2.75) is 44.3 Å². The largest absolute Gasteiger partial charge is 0.489 e. The van der Waals surface area contributed by atoms with Gasteiger partial charge in [0.05, 0.1) is 17.8 Å². The third-order valence-electron chi connectivity index (χ3n) is 6.51. The quantitative estimate of drug-likeness (QED) is 0.693. The van der Waals surface area contributed by atoms with E-state index in [0.717, 1.165) is 31.3 Å². The van der Waals surface area contributed by atoms with Gasteiger partial charge in [0.2, 0.25) is 0 Å². The van der Waals surface area contributed by atoms with E-state index >= 15 is 0 Å². The van der Waals surface area contributed by atoms with Gasteiger partial charge in [-0.05, 0) is 49.1 Å². The van der Waals surface area contributed by atoms with Crippen molar-refractivity contribution >= 4 is 5.52 Å². The fourth-order valence-electron chi connectivity index (χ4n) is 4.84. The van der Waals surface area contributed by atoms with Gasteiger partial charge in [0, 0.05) is 37.5 Å². The predicted octanol–water partition coefficient (Wildman–Crippen LogP) is 3.86. The first-order chi connectivity index (χ1) is 14.2. The van der Waals surface area contributed by atoms with Gasteiger partial charge in [0.15, 0.2) is 0 Å². The summed E-state index contributed by atoms with van der Waals surface area (Å²) in [5.41, 5.74) is 3.70. The molecule has 1 aliphatic carbocycles. The summed E-state index contributed by atoms with van der Waals surface area (Å²) in [4.78, 5) is 2.39. The zero-order valence-electron chi connectivity index (χ0n) is 16.8. The highest BCUT2D eigenvalue weighted by Crippen LogP contribution is 2.38. The van der Waals surface area contributed by atoms with Crippen LogP contribution in [0.3, 0.4) is 0 Å². The lowest BCUT2D eigenvalue weighted by Crippen LogP contribution is -2.52. The SMILES string of the molecule is OC1CN(CC2CCC(c3cnn4ccc(OCc5ccccc5)cc34)CC2)C1. The molecule has 1 aromatic carbocycles. The van der Waals surface area contributed by atoms with Crippen molar-refractivity contribution in [1.82, 2.24) is 14.5 Å². The summed E-state index contributed by atoms with van der Waals surface area (Å²) in [6, 6.07) is 14.4. The van der Waals surface area contributed by atoms with E-state index in [1.807, 2.05) is 41.2 Å². The van der Waals surface area contributed by atoms with Crippen molar-refractivity contribution in [2.24, 2.45) is 5.92 Å². The number of benzene rings is 1. The maximum atomic E-state index is 9.48. The van der Waals surface area contributed by atoms with Crippen LogP contribution in [0.4, 0.5) is 0 Å². The molecule has 0 radical (unpaired) electrons. The van der Waals surface area contributed by atoms with E-state index in [9.17, 15) is 5.11 Å². The molecule has 2 fully saturated rings. The second kappa shape index (κ2) is 8.17. The Hall–Kier alpha value is -2.37. The molecule has 0 spiro atoms. The number of likely N-dealkylation sites (tertiary alicyclic amines) is 1. The summed E-state index contributed by atoms with van der Waals surface area (Å²) >= 11 is 0. The lowest BCUT2D eigenvalue weighted by molar-refractivity contribution is -0.00990. The predicted molar refractivity (Wildman–Crippen MR) is 113 cm³/mol. The average Bonchev–Trinajstić information content (AvgIpc) is 3.16. The minimum Gasteiger partial charge on any atom is -0.489 e. The highest BCUT2D eigenvalue weighted by molar-refractivity contribution is 5.58. The highest BCUT2D eigenvalue weighted by atomic mass is 16.5. The van der Waals surface area contributed by atoms with Crippen molar-refractivity contribution in [3.05, 3.63) is 66.0 Å². The molecule has 0 amide bonds. The van der Waals surface area contributed by atoms with E-state index in [0.29, 0.717) is 12.5 Å². The Bertz CT molecular complexity index is 941. The molecule has 5 heteroatoms. The van der Waals surface area contributed by atoms with Crippen molar-refractivity contribution < 1.29 is 9.84 Å². The Labute approximate surface area is 171 Å². The van der Waals surface area contributed by atoms with Crippen molar-refractivity contribution in [3.8, 4) is 5.75 Å². The molecule has 5 rings (SSSR count). The van der Waals surface area contributed by atoms with Gasteiger partial charge in [-0.25, -0.2) is 4.52 Å². The van der Waals surface area contributed by atoms with Crippen LogP contribution in [0.25, 0.3) is 5.52 Å². The van der Waals surface area contributed by atoms with E-state index in [4.69, 9.17) is 4.74 Å². The summed E-state index contributed by atoms with van der Waals surface area (Å²) in [5.74, 6) is 2.24. The molecule has 152 valence electrons. The molecule has 0 unspecified atom stereocenters. The number of ether oxygens (including phenoxy) is 1. The molecule has 29 heavy (non-hydrogen) atoms. The number of aliphatic hydroxyl groups is 1. The Morgan fingerprint density at radius 3 is 2.59 bits per heavy atom. The van der Waals surface area contributed by atoms with Gasteiger partial charge < -0.3 is 9.84 Å². The number of nitrogens with zero attached hydrogens (tertiary/aromatic N) is 3. The lowest BCUT2D eigenvalue weighted by atomic mass is 9.78. The smallest absolute Gasteiger partial charge is 0.123 e. The number of aromatic nitrogens is 2. The molecule has 0 bridgehead atoms. The molecular formula is C24H29N3O2. The number of hydrogen-bond donors (Lipinski definition) is 1. The maximum absolute atomic E-state index is 9.48. The number of pyridine rings is 1. The zero-order chi connectivity index (χ0) is 19.6. The zero-order valence-corrected chi connectivity index (χ0v) is 16.8. The number of hydrogen-bond acceptors (Lipinski definition) is 4. The average molecular weight is 392 g/mol. The highest BCUT2D eigenvalue weighted by Gasteiger charge is 2.30. The topological polar surface area (TPSA) is 50.0 Å². The number of rotatable bonds is 6. The van der Waals surface area contributed by atoms with Gasteiger partial charge in [0.25, 0.3) is 0 Å². The van der Waals surface area contributed by atoms with Crippen LogP contribution in [0.2, 0.25) is 0 Å². The first-order valence-electron chi connectivity index (χ1n) is 10.8. The van der Waals surface area contributed by atoms with Gasteiger partial charge >= 0.3 is 0 Å². The number of aliphatic hydroxyl groups excluding tert-OH is 1. The van der Waals surface area contributed by atoms with E-state index in [1.165, 1.54) is 42.3 Å². The van der Waals surface area contributed by atoms with Gasteiger partial charge in [-0.2, -0.15) is 5.10 Å². The fraction of sp³-hybridized carbons (Fsp3) is 0.458. The van der Waals surface area contributed by atoms with E-state index in [-0.39, 0.29) is 6.10 Å². The molecule has 2 aliphatic rings. The Kier molecular flexibility index (Phi) is 5.25. The van der Waals surface area contributed by atoms with Gasteiger partial charge in [0.1, 0.15) is 12.4 Å². The fourth-order valence-corrected chi connectivity index (χ4v) is 4.84. The summed E-state index contributed by atoms with van der Waals surface area (Å²) in [6.07, 6.45) is 8.92. The molecule has 5 nitrogen and oxygen atoms in total. The van der Waals surface area contributed by atoms with Gasteiger partial charge in [-0.3, -0.25) is 4.90 Å². The molecule has 3 heterocycles. The molecule has 1 aliphatic heterocycles. The molecule has 0 atom stereocenters. The van der Waals surface area contributed by atoms with Gasteiger partial charge in [-0.15, -0.1) is 0 Å². The Morgan fingerprint density at radius 1 is 1.03 bits per heavy atom. The first-order valence-corrected chi connectivity index (χ1v) is 10.8. The maximum Gasteiger partial charge on any atom is 0.123 e. The Morgan fingerprint density at radius 2 is 1.83 bits per heavy atom. The molecule has 1 saturated heterocycles. The van der Waals surface area contributed by atoms with Crippen molar-refractivity contribution in [2.75, 3.05) is 19.6 Å². The molecule has 1 saturated carbocycles. The van der Waals surface area contributed by atoms with Crippen LogP contribution in [0.15, 0.2) is 54.9 Å². The molecular weight excluding hydrogens is 362 g/mol. The molecule has 2 aromatic heterocycles. The lowest BCUT2D eigenvalue weighted by Gasteiger charge is -2.40. The second-order valence-corrected chi connectivity index (χ2v) is 8.66. The van der Waals surface area contributed by atoms with E-state index in [2.05, 4.69) is 28.2 Å². The number of β-amino-alcohol motifs (C(OH)–C–C–N with tert-alkyl or cyclic N) is 1.